The largest absolute Gasteiger partial charge is 0.465 e. The van der Waals surface area contributed by atoms with Gasteiger partial charge < -0.3 is 15.6 Å². The van der Waals surface area contributed by atoms with Crippen molar-refractivity contribution in [2.45, 2.75) is 38.2 Å². The molecular weight excluding hydrogens is 242 g/mol. The van der Waals surface area contributed by atoms with Crippen molar-refractivity contribution in [2.24, 2.45) is 5.73 Å². The van der Waals surface area contributed by atoms with Gasteiger partial charge in [-0.25, -0.2) is 0 Å². The minimum atomic E-state index is -0.867. The molecule has 2 unspecified atom stereocenters. The van der Waals surface area contributed by atoms with Gasteiger partial charge in [0.05, 0.1) is 12.7 Å². The molecule has 0 spiro atoms. The maximum Gasteiger partial charge on any atom is 0.317 e. The summed E-state index contributed by atoms with van der Waals surface area (Å²) >= 11 is 0. The number of hydrogen-bond acceptors (Lipinski definition) is 4. The van der Waals surface area contributed by atoms with Crippen LogP contribution in [-0.4, -0.2) is 30.3 Å². The molecule has 0 aliphatic carbocycles. The molecule has 0 fully saturated rings. The molecule has 1 aromatic rings. The van der Waals surface area contributed by atoms with E-state index in [4.69, 9.17) is 10.5 Å². The Kier molecular flexibility index (Phi) is 5.99. The van der Waals surface area contributed by atoms with Gasteiger partial charge in [-0.1, -0.05) is 30.3 Å². The molecular formula is C15H23NO3. The zero-order valence-electron chi connectivity index (χ0n) is 11.6. The van der Waals surface area contributed by atoms with Crippen LogP contribution in [-0.2, 0) is 14.9 Å². The lowest BCUT2D eigenvalue weighted by atomic mass is 9.76. The number of aliphatic hydroxyl groups excluding tert-OH is 1. The molecule has 19 heavy (non-hydrogen) atoms. The Morgan fingerprint density at radius 2 is 2.05 bits per heavy atom. The Balaban J connectivity index is 3.09. The molecule has 2 atom stereocenters. The monoisotopic (exact) mass is 265 g/mol. The van der Waals surface area contributed by atoms with Gasteiger partial charge in [0.2, 0.25) is 0 Å². The fraction of sp³-hybridized carbons (Fsp3) is 0.533. The number of nitrogens with two attached hydrogens (primary N) is 1. The number of esters is 1. The van der Waals surface area contributed by atoms with Gasteiger partial charge in [0.15, 0.2) is 0 Å². The third-order valence-electron chi connectivity index (χ3n) is 3.33. The molecule has 0 saturated carbocycles. The smallest absolute Gasteiger partial charge is 0.317 e. The van der Waals surface area contributed by atoms with E-state index in [1.165, 1.54) is 0 Å². The molecule has 0 aliphatic rings. The molecule has 0 aliphatic heterocycles. The molecule has 4 nitrogen and oxygen atoms in total. The molecule has 0 bridgehead atoms. The predicted molar refractivity (Wildman–Crippen MR) is 74.7 cm³/mol. The first-order valence-corrected chi connectivity index (χ1v) is 6.67. The van der Waals surface area contributed by atoms with Gasteiger partial charge in [0, 0.05) is 6.54 Å². The average molecular weight is 265 g/mol. The first-order chi connectivity index (χ1) is 9.06. The van der Waals surface area contributed by atoms with Gasteiger partial charge in [0.1, 0.15) is 5.41 Å². The molecule has 106 valence electrons. The number of hydrogen-bond donors (Lipinski definition) is 2. The van der Waals surface area contributed by atoms with E-state index in [1.54, 1.807) is 13.8 Å². The van der Waals surface area contributed by atoms with Crippen LogP contribution in [0.3, 0.4) is 0 Å². The van der Waals surface area contributed by atoms with Crippen LogP contribution in [0.15, 0.2) is 30.3 Å². The van der Waals surface area contributed by atoms with Gasteiger partial charge in [-0.15, -0.1) is 0 Å². The molecule has 4 heteroatoms. The number of carbonyl (C=O) groups is 1. The van der Waals surface area contributed by atoms with Crippen LogP contribution in [0, 0.1) is 0 Å². The second-order valence-corrected chi connectivity index (χ2v) is 4.76. The van der Waals surface area contributed by atoms with E-state index in [1.807, 2.05) is 30.3 Å². The zero-order valence-corrected chi connectivity index (χ0v) is 11.6. The van der Waals surface area contributed by atoms with Gasteiger partial charge >= 0.3 is 5.97 Å². The summed E-state index contributed by atoms with van der Waals surface area (Å²) in [7, 11) is 0. The van der Waals surface area contributed by atoms with E-state index in [-0.39, 0.29) is 12.5 Å². The van der Waals surface area contributed by atoms with Crippen molar-refractivity contribution in [1.82, 2.24) is 0 Å². The Bertz CT molecular complexity index is 392. The summed E-state index contributed by atoms with van der Waals surface area (Å²) in [5.41, 5.74) is 5.85. The van der Waals surface area contributed by atoms with E-state index >= 15 is 0 Å². The first-order valence-electron chi connectivity index (χ1n) is 6.67. The quantitative estimate of drug-likeness (QED) is 0.735. The van der Waals surface area contributed by atoms with E-state index in [9.17, 15) is 9.90 Å². The first kappa shape index (κ1) is 15.7. The number of aliphatic hydroxyl groups is 1. The zero-order chi connectivity index (χ0) is 14.3. The molecule has 0 saturated heterocycles. The van der Waals surface area contributed by atoms with Gasteiger partial charge in [-0.05, 0) is 32.3 Å². The minimum Gasteiger partial charge on any atom is -0.465 e. The van der Waals surface area contributed by atoms with Crippen LogP contribution in [0.25, 0.3) is 0 Å². The van der Waals surface area contributed by atoms with Crippen LogP contribution < -0.4 is 5.73 Å². The molecule has 1 rings (SSSR count). The fourth-order valence-corrected chi connectivity index (χ4v) is 2.15. The van der Waals surface area contributed by atoms with Crippen molar-refractivity contribution in [2.75, 3.05) is 13.2 Å². The SMILES string of the molecule is CCOC(=O)C(CN)(CCC(C)O)c1ccccc1. The maximum absolute atomic E-state index is 12.3. The normalized spacial score (nSPS) is 15.6. The fourth-order valence-electron chi connectivity index (χ4n) is 2.15. The lowest BCUT2D eigenvalue weighted by molar-refractivity contribution is -0.150. The molecule has 0 heterocycles. The highest BCUT2D eigenvalue weighted by Gasteiger charge is 2.40. The summed E-state index contributed by atoms with van der Waals surface area (Å²) in [6.45, 7) is 3.97. The second-order valence-electron chi connectivity index (χ2n) is 4.76. The maximum atomic E-state index is 12.3. The minimum absolute atomic E-state index is 0.169. The van der Waals surface area contributed by atoms with Gasteiger partial charge in [0.25, 0.3) is 0 Å². The van der Waals surface area contributed by atoms with E-state index in [0.717, 1.165) is 5.56 Å². The third kappa shape index (κ3) is 3.78. The van der Waals surface area contributed by atoms with Gasteiger partial charge in [-0.2, -0.15) is 0 Å². The number of carbonyl (C=O) groups excluding carboxylic acids is 1. The van der Waals surface area contributed by atoms with E-state index in [2.05, 4.69) is 0 Å². The number of rotatable bonds is 7. The van der Waals surface area contributed by atoms with E-state index in [0.29, 0.717) is 19.4 Å². The summed E-state index contributed by atoms with van der Waals surface area (Å²) in [6.07, 6.45) is 0.513. The highest BCUT2D eigenvalue weighted by atomic mass is 16.5. The van der Waals surface area contributed by atoms with Gasteiger partial charge in [-0.3, -0.25) is 4.79 Å². The van der Waals surface area contributed by atoms with Crippen LogP contribution in [0.1, 0.15) is 32.3 Å². The molecule has 1 aromatic carbocycles. The third-order valence-corrected chi connectivity index (χ3v) is 3.33. The van der Waals surface area contributed by atoms with E-state index < -0.39 is 11.5 Å². The molecule has 0 aromatic heterocycles. The Morgan fingerprint density at radius 3 is 2.53 bits per heavy atom. The number of benzene rings is 1. The highest BCUT2D eigenvalue weighted by Crippen LogP contribution is 2.30. The summed E-state index contributed by atoms with van der Waals surface area (Å²) in [5.74, 6) is -0.315. The highest BCUT2D eigenvalue weighted by molar-refractivity contribution is 5.83. The van der Waals surface area contributed by atoms with Crippen LogP contribution in [0.5, 0.6) is 0 Å². The van der Waals surface area contributed by atoms with Crippen molar-refractivity contribution in [1.29, 1.82) is 0 Å². The summed E-state index contributed by atoms with van der Waals surface area (Å²) in [5, 5.41) is 9.48. The van der Waals surface area contributed by atoms with Crippen molar-refractivity contribution < 1.29 is 14.6 Å². The summed E-state index contributed by atoms with van der Waals surface area (Å²) < 4.78 is 5.18. The Hall–Kier alpha value is -1.39. The lowest BCUT2D eigenvalue weighted by Crippen LogP contribution is -2.44. The predicted octanol–water partition coefficient (Wildman–Crippen LogP) is 1.61. The Morgan fingerprint density at radius 1 is 1.42 bits per heavy atom. The second kappa shape index (κ2) is 7.26. The van der Waals surface area contributed by atoms with Crippen LogP contribution in [0.2, 0.25) is 0 Å². The standard InChI is InChI=1S/C15H23NO3/c1-3-19-14(18)15(11-16,10-9-12(2)17)13-7-5-4-6-8-13/h4-8,12,17H,3,9-11,16H2,1-2H3. The Labute approximate surface area is 114 Å². The van der Waals surface area contributed by atoms with Crippen molar-refractivity contribution in [3.05, 3.63) is 35.9 Å². The van der Waals surface area contributed by atoms with Crippen molar-refractivity contribution >= 4 is 5.97 Å². The van der Waals surface area contributed by atoms with Crippen molar-refractivity contribution in [3.8, 4) is 0 Å². The van der Waals surface area contributed by atoms with Crippen molar-refractivity contribution in [3.63, 3.8) is 0 Å². The molecule has 3 N–H and O–H groups in total. The molecule has 0 amide bonds. The topological polar surface area (TPSA) is 72.5 Å². The summed E-state index contributed by atoms with van der Waals surface area (Å²) in [4.78, 5) is 12.3. The summed E-state index contributed by atoms with van der Waals surface area (Å²) in [6, 6.07) is 9.41. The van der Waals surface area contributed by atoms with Crippen LogP contribution in [0.4, 0.5) is 0 Å². The van der Waals surface area contributed by atoms with Crippen LogP contribution >= 0.6 is 0 Å². The number of ether oxygens (including phenoxy) is 1. The molecule has 0 radical (unpaired) electrons. The average Bonchev–Trinajstić information content (AvgIpc) is 2.41. The lowest BCUT2D eigenvalue weighted by Gasteiger charge is -2.31.